The van der Waals surface area contributed by atoms with Gasteiger partial charge < -0.3 is 4.90 Å². The van der Waals surface area contributed by atoms with Gasteiger partial charge in [0.2, 0.25) is 0 Å². The highest BCUT2D eigenvalue weighted by Crippen LogP contribution is 2.01. The van der Waals surface area contributed by atoms with Gasteiger partial charge in [0.05, 0.1) is 25.3 Å². The zero-order valence-corrected chi connectivity index (χ0v) is 14.5. The maximum Gasteiger partial charge on any atom is 0.0967 e. The number of aromatic nitrogens is 3. The molecule has 26 heavy (non-hydrogen) atoms. The summed E-state index contributed by atoms with van der Waals surface area (Å²) in [5.74, 6) is 5.14. The van der Waals surface area contributed by atoms with Gasteiger partial charge in [-0.1, -0.05) is 27.3 Å². The molecule has 1 heterocycles. The molecule has 0 aromatic carbocycles. The van der Waals surface area contributed by atoms with Gasteiger partial charge in [0.25, 0.3) is 0 Å². The molecule has 1 aromatic heterocycles. The van der Waals surface area contributed by atoms with Crippen LogP contribution in [0.3, 0.4) is 0 Å². The molecular formula is C15H21N11. The van der Waals surface area contributed by atoms with Crippen LogP contribution >= 0.6 is 0 Å². The number of nitrogens with zero attached hydrogens (tertiary/aromatic N) is 11. The summed E-state index contributed by atoms with van der Waals surface area (Å²) in [6.07, 6.45) is 12.5. The van der Waals surface area contributed by atoms with Crippen LogP contribution < -0.4 is 0 Å². The zero-order valence-electron chi connectivity index (χ0n) is 14.5. The molecule has 1 rings (SSSR count). The van der Waals surface area contributed by atoms with E-state index < -0.39 is 0 Å². The van der Waals surface area contributed by atoms with Gasteiger partial charge in [0.15, 0.2) is 0 Å². The molecule has 11 nitrogen and oxygen atoms in total. The molecule has 0 bridgehead atoms. The largest absolute Gasteiger partial charge is 0.301 e. The van der Waals surface area contributed by atoms with Crippen molar-refractivity contribution in [3.05, 3.63) is 32.8 Å². The topological polar surface area (TPSA) is 135 Å². The lowest BCUT2D eigenvalue weighted by Gasteiger charge is -2.20. The molecule has 11 heteroatoms. The molecule has 1 aromatic rings. The SMILES string of the molecule is C#CCN(CC#C)Cc1cn(CCN(CCN=[N+]=[N-])CCN=[N+]=[N-])nn1. The Morgan fingerprint density at radius 1 is 1.04 bits per heavy atom. The Balaban J connectivity index is 2.56. The lowest BCUT2D eigenvalue weighted by Crippen LogP contribution is -2.32. The van der Waals surface area contributed by atoms with Crippen molar-refractivity contribution in [3.8, 4) is 24.7 Å². The van der Waals surface area contributed by atoms with Gasteiger partial charge in [-0.3, -0.25) is 9.58 Å². The van der Waals surface area contributed by atoms with E-state index in [2.05, 4.69) is 42.2 Å². The summed E-state index contributed by atoms with van der Waals surface area (Å²) >= 11 is 0. The minimum Gasteiger partial charge on any atom is -0.301 e. The van der Waals surface area contributed by atoms with Crippen LogP contribution in [0.15, 0.2) is 16.4 Å². The molecule has 0 aliphatic carbocycles. The van der Waals surface area contributed by atoms with Gasteiger partial charge in [0, 0.05) is 55.3 Å². The highest BCUT2D eigenvalue weighted by atomic mass is 15.4. The summed E-state index contributed by atoms with van der Waals surface area (Å²) in [6, 6.07) is 0. The molecule has 0 atom stereocenters. The van der Waals surface area contributed by atoms with E-state index in [4.69, 9.17) is 23.9 Å². The highest BCUT2D eigenvalue weighted by molar-refractivity contribution is 4.99. The fourth-order valence-corrected chi connectivity index (χ4v) is 2.22. The van der Waals surface area contributed by atoms with Gasteiger partial charge in [-0.05, 0) is 11.1 Å². The molecule has 0 saturated carbocycles. The molecule has 0 amide bonds. The van der Waals surface area contributed by atoms with Gasteiger partial charge in [-0.25, -0.2) is 0 Å². The molecular weight excluding hydrogens is 334 g/mol. The van der Waals surface area contributed by atoms with E-state index in [-0.39, 0.29) is 0 Å². The van der Waals surface area contributed by atoms with E-state index in [0.717, 1.165) is 5.69 Å². The van der Waals surface area contributed by atoms with Crippen LogP contribution in [-0.2, 0) is 13.1 Å². The third kappa shape index (κ3) is 8.60. The van der Waals surface area contributed by atoms with E-state index in [9.17, 15) is 0 Å². The Morgan fingerprint density at radius 3 is 2.19 bits per heavy atom. The number of rotatable bonds is 13. The van der Waals surface area contributed by atoms with Crippen molar-refractivity contribution in [2.75, 3.05) is 45.8 Å². The maximum atomic E-state index is 8.37. The van der Waals surface area contributed by atoms with Gasteiger partial charge in [0.1, 0.15) is 0 Å². The van der Waals surface area contributed by atoms with Crippen LogP contribution in [0.25, 0.3) is 20.9 Å². The molecule has 0 fully saturated rings. The summed E-state index contributed by atoms with van der Waals surface area (Å²) in [5.41, 5.74) is 17.5. The van der Waals surface area contributed by atoms with Crippen molar-refractivity contribution in [3.63, 3.8) is 0 Å². The first kappa shape index (κ1) is 20.8. The van der Waals surface area contributed by atoms with Crippen LogP contribution in [0, 0.1) is 24.7 Å². The predicted octanol–water partition coefficient (Wildman–Crippen LogP) is 1.27. The number of azide groups is 2. The lowest BCUT2D eigenvalue weighted by molar-refractivity contribution is 0.271. The Hall–Kier alpha value is -3.20. The third-order valence-corrected chi connectivity index (χ3v) is 3.41. The average molecular weight is 355 g/mol. The lowest BCUT2D eigenvalue weighted by atomic mass is 10.4. The van der Waals surface area contributed by atoms with Crippen molar-refractivity contribution < 1.29 is 0 Å². The first-order chi connectivity index (χ1) is 12.7. The van der Waals surface area contributed by atoms with Crippen molar-refractivity contribution >= 4 is 0 Å². The fraction of sp³-hybridized carbons (Fsp3) is 0.600. The van der Waals surface area contributed by atoms with Gasteiger partial charge >= 0.3 is 0 Å². The van der Waals surface area contributed by atoms with Crippen molar-refractivity contribution in [1.82, 2.24) is 24.8 Å². The Labute approximate surface area is 152 Å². The standard InChI is InChI=1S/C15H21N11/c1-3-7-25(8-4-2)13-15-14-26(23-20-15)12-11-24(9-5-18-21-16)10-6-19-22-17/h1-2,14H,5-13H2. The van der Waals surface area contributed by atoms with Crippen LogP contribution in [0.1, 0.15) is 5.69 Å². The minimum atomic E-state index is 0.350. The smallest absolute Gasteiger partial charge is 0.0967 e. The second kappa shape index (κ2) is 13.1. The minimum absolute atomic E-state index is 0.350. The summed E-state index contributed by atoms with van der Waals surface area (Å²) in [5, 5.41) is 15.3. The van der Waals surface area contributed by atoms with Crippen molar-refractivity contribution in [2.24, 2.45) is 10.2 Å². The van der Waals surface area contributed by atoms with E-state index in [0.29, 0.717) is 58.9 Å². The van der Waals surface area contributed by atoms with Gasteiger partial charge in [-0.2, -0.15) is 0 Å². The molecule has 0 unspecified atom stereocenters. The summed E-state index contributed by atoms with van der Waals surface area (Å²) in [4.78, 5) is 9.43. The van der Waals surface area contributed by atoms with E-state index >= 15 is 0 Å². The Bertz CT molecular complexity index is 675. The maximum absolute atomic E-state index is 8.37. The average Bonchev–Trinajstić information content (AvgIpc) is 3.07. The van der Waals surface area contributed by atoms with Crippen LogP contribution in [0.2, 0.25) is 0 Å². The van der Waals surface area contributed by atoms with Crippen molar-refractivity contribution in [1.29, 1.82) is 0 Å². The Kier molecular flexibility index (Phi) is 10.5. The van der Waals surface area contributed by atoms with Crippen molar-refractivity contribution in [2.45, 2.75) is 13.1 Å². The highest BCUT2D eigenvalue weighted by Gasteiger charge is 2.09. The predicted molar refractivity (Wildman–Crippen MR) is 97.4 cm³/mol. The van der Waals surface area contributed by atoms with E-state index in [1.165, 1.54) is 0 Å². The van der Waals surface area contributed by atoms with E-state index in [1.54, 1.807) is 4.68 Å². The van der Waals surface area contributed by atoms with Gasteiger partial charge in [-0.15, -0.1) is 17.9 Å². The molecule has 0 spiro atoms. The molecule has 136 valence electrons. The van der Waals surface area contributed by atoms with Crippen LogP contribution in [0.5, 0.6) is 0 Å². The van der Waals surface area contributed by atoms with Crippen LogP contribution in [-0.4, -0.2) is 70.6 Å². The monoisotopic (exact) mass is 355 g/mol. The quantitative estimate of drug-likeness (QED) is 0.228. The van der Waals surface area contributed by atoms with Crippen LogP contribution in [0.4, 0.5) is 0 Å². The molecule has 0 N–H and O–H groups in total. The first-order valence-corrected chi connectivity index (χ1v) is 7.95. The molecule has 0 saturated heterocycles. The molecule has 0 aliphatic heterocycles. The number of hydrogen-bond donors (Lipinski definition) is 0. The normalized spacial score (nSPS) is 10.0. The number of terminal acetylenes is 2. The fourth-order valence-electron chi connectivity index (χ4n) is 2.22. The third-order valence-electron chi connectivity index (χ3n) is 3.41. The summed E-state index contributed by atoms with van der Waals surface area (Å²) in [7, 11) is 0. The number of hydrogen-bond acceptors (Lipinski definition) is 6. The second-order valence-corrected chi connectivity index (χ2v) is 5.28. The summed E-state index contributed by atoms with van der Waals surface area (Å²) < 4.78 is 1.73. The Morgan fingerprint density at radius 2 is 1.65 bits per heavy atom. The summed E-state index contributed by atoms with van der Waals surface area (Å²) in [6.45, 7) is 4.53. The second-order valence-electron chi connectivity index (χ2n) is 5.28. The molecule has 0 aliphatic rings. The van der Waals surface area contributed by atoms with E-state index in [1.807, 2.05) is 16.0 Å². The first-order valence-electron chi connectivity index (χ1n) is 7.95. The zero-order chi connectivity index (χ0) is 19.0. The molecule has 0 radical (unpaired) electrons.